The molecule has 1 aliphatic carbocycles. The van der Waals surface area contributed by atoms with E-state index in [4.69, 9.17) is 0 Å². The molecule has 1 saturated carbocycles. The van der Waals surface area contributed by atoms with Crippen molar-refractivity contribution in [3.63, 3.8) is 0 Å². The van der Waals surface area contributed by atoms with Crippen LogP contribution in [0.25, 0.3) is 0 Å². The van der Waals surface area contributed by atoms with Crippen LogP contribution in [0.4, 0.5) is 0 Å². The minimum absolute atomic E-state index is 0.366. The zero-order chi connectivity index (χ0) is 16.2. The molecular weight excluding hydrogens is 308 g/mol. The first-order valence-electron chi connectivity index (χ1n) is 9.78. The summed E-state index contributed by atoms with van der Waals surface area (Å²) in [6, 6.07) is 0. The Morgan fingerprint density at radius 3 is 2.26 bits per heavy atom. The molecule has 2 saturated heterocycles. The maximum atomic E-state index is 12.6. The molecule has 1 spiro atoms. The minimum atomic E-state index is -3.01. The summed E-state index contributed by atoms with van der Waals surface area (Å²) in [5.74, 6) is 1.18. The van der Waals surface area contributed by atoms with Crippen LogP contribution < -0.4 is 5.32 Å². The molecule has 2 heterocycles. The number of hydrogen-bond donors (Lipinski definition) is 1. The van der Waals surface area contributed by atoms with Crippen molar-refractivity contribution in [2.24, 2.45) is 11.3 Å². The van der Waals surface area contributed by atoms with E-state index in [-0.39, 0.29) is 0 Å². The molecule has 0 atom stereocenters. The largest absolute Gasteiger partial charge is 0.317 e. The van der Waals surface area contributed by atoms with E-state index in [1.165, 1.54) is 44.9 Å². The first kappa shape index (κ1) is 17.7. The average molecular weight is 343 g/mol. The molecule has 0 bridgehead atoms. The van der Waals surface area contributed by atoms with Crippen molar-refractivity contribution in [3.8, 4) is 0 Å². The number of sulfonamides is 1. The molecule has 0 amide bonds. The lowest BCUT2D eigenvalue weighted by Gasteiger charge is -2.38. The Balaban J connectivity index is 1.37. The Morgan fingerprint density at radius 2 is 1.61 bits per heavy atom. The Bertz CT molecular complexity index is 455. The molecule has 4 nitrogen and oxygen atoms in total. The molecule has 134 valence electrons. The van der Waals surface area contributed by atoms with Gasteiger partial charge in [-0.1, -0.05) is 25.7 Å². The first-order valence-corrected chi connectivity index (χ1v) is 11.4. The van der Waals surface area contributed by atoms with E-state index in [1.54, 1.807) is 4.31 Å². The second-order valence-corrected chi connectivity index (χ2v) is 10.2. The predicted molar refractivity (Wildman–Crippen MR) is 94.9 cm³/mol. The maximum absolute atomic E-state index is 12.6. The standard InChI is InChI=1S/C18H34N2O2S/c21-23(22,16-4-1-5-17-6-12-19-13-7-17)20-14-10-18(11-15-20)8-2-3-9-18/h17,19H,1-16H2. The van der Waals surface area contributed by atoms with E-state index in [1.807, 2.05) is 0 Å². The third-order valence-electron chi connectivity index (χ3n) is 6.56. The van der Waals surface area contributed by atoms with Gasteiger partial charge in [0.1, 0.15) is 0 Å². The Kier molecular flexibility index (Phi) is 6.02. The average Bonchev–Trinajstić information content (AvgIpc) is 3.01. The number of nitrogens with one attached hydrogen (secondary N) is 1. The van der Waals surface area contributed by atoms with Crippen molar-refractivity contribution >= 4 is 10.0 Å². The molecule has 0 aromatic heterocycles. The van der Waals surface area contributed by atoms with Crippen molar-refractivity contribution in [2.75, 3.05) is 31.9 Å². The van der Waals surface area contributed by atoms with E-state index in [9.17, 15) is 8.42 Å². The molecule has 0 unspecified atom stereocenters. The number of piperidine rings is 2. The Morgan fingerprint density at radius 1 is 0.957 bits per heavy atom. The van der Waals surface area contributed by atoms with Crippen molar-refractivity contribution in [2.45, 2.75) is 70.6 Å². The van der Waals surface area contributed by atoms with Gasteiger partial charge in [0, 0.05) is 13.1 Å². The van der Waals surface area contributed by atoms with Gasteiger partial charge in [0.2, 0.25) is 10.0 Å². The monoisotopic (exact) mass is 342 g/mol. The van der Waals surface area contributed by atoms with E-state index < -0.39 is 10.0 Å². The molecular formula is C18H34N2O2S. The molecule has 23 heavy (non-hydrogen) atoms. The highest BCUT2D eigenvalue weighted by Gasteiger charge is 2.39. The summed E-state index contributed by atoms with van der Waals surface area (Å²) in [6.07, 6.45) is 13.2. The predicted octanol–water partition coefficient (Wildman–Crippen LogP) is 3.14. The summed E-state index contributed by atoms with van der Waals surface area (Å²) in [5, 5.41) is 3.39. The quantitative estimate of drug-likeness (QED) is 0.755. The van der Waals surface area contributed by atoms with Crippen LogP contribution in [0.3, 0.4) is 0 Å². The summed E-state index contributed by atoms with van der Waals surface area (Å²) in [5.41, 5.74) is 0.501. The summed E-state index contributed by atoms with van der Waals surface area (Å²) in [7, 11) is -3.01. The van der Waals surface area contributed by atoms with E-state index in [2.05, 4.69) is 5.32 Å². The molecule has 0 radical (unpaired) electrons. The van der Waals surface area contributed by atoms with E-state index in [0.717, 1.165) is 57.8 Å². The van der Waals surface area contributed by atoms with Gasteiger partial charge in [0.25, 0.3) is 0 Å². The van der Waals surface area contributed by atoms with Crippen LogP contribution in [0, 0.1) is 11.3 Å². The van der Waals surface area contributed by atoms with Crippen LogP contribution in [-0.4, -0.2) is 44.7 Å². The van der Waals surface area contributed by atoms with Gasteiger partial charge in [-0.25, -0.2) is 12.7 Å². The third-order valence-corrected chi connectivity index (χ3v) is 8.52. The van der Waals surface area contributed by atoms with Crippen LogP contribution in [0.2, 0.25) is 0 Å². The van der Waals surface area contributed by atoms with E-state index in [0.29, 0.717) is 11.2 Å². The smallest absolute Gasteiger partial charge is 0.214 e. The molecule has 1 N–H and O–H groups in total. The molecule has 2 aliphatic heterocycles. The topological polar surface area (TPSA) is 49.4 Å². The third kappa shape index (κ3) is 4.70. The van der Waals surface area contributed by atoms with Gasteiger partial charge in [-0.15, -0.1) is 0 Å². The summed E-state index contributed by atoms with van der Waals surface area (Å²) < 4.78 is 26.9. The van der Waals surface area contributed by atoms with Gasteiger partial charge in [0.05, 0.1) is 5.75 Å². The number of unbranched alkanes of at least 4 members (excludes halogenated alkanes) is 1. The fourth-order valence-electron chi connectivity index (χ4n) is 4.88. The maximum Gasteiger partial charge on any atom is 0.214 e. The van der Waals surface area contributed by atoms with Crippen LogP contribution in [0.15, 0.2) is 0 Å². The SMILES string of the molecule is O=S(=O)(CCCCC1CCNCC1)N1CCC2(CCCC2)CC1. The highest BCUT2D eigenvalue weighted by molar-refractivity contribution is 7.89. The fraction of sp³-hybridized carbons (Fsp3) is 1.00. The molecule has 5 heteroatoms. The lowest BCUT2D eigenvalue weighted by molar-refractivity contribution is 0.160. The lowest BCUT2D eigenvalue weighted by atomic mass is 9.78. The number of nitrogens with zero attached hydrogens (tertiary/aromatic N) is 1. The van der Waals surface area contributed by atoms with Crippen molar-refractivity contribution in [1.29, 1.82) is 0 Å². The van der Waals surface area contributed by atoms with Crippen LogP contribution in [-0.2, 0) is 10.0 Å². The van der Waals surface area contributed by atoms with Gasteiger partial charge < -0.3 is 5.32 Å². The lowest BCUT2D eigenvalue weighted by Crippen LogP contribution is -2.43. The van der Waals surface area contributed by atoms with Crippen LogP contribution in [0.1, 0.15) is 70.6 Å². The second-order valence-electron chi connectivity index (χ2n) is 8.11. The Hall–Kier alpha value is -0.130. The highest BCUT2D eigenvalue weighted by Crippen LogP contribution is 2.46. The molecule has 3 aliphatic rings. The van der Waals surface area contributed by atoms with Crippen molar-refractivity contribution in [1.82, 2.24) is 9.62 Å². The number of rotatable bonds is 6. The fourth-order valence-corrected chi connectivity index (χ4v) is 6.45. The summed E-state index contributed by atoms with van der Waals surface area (Å²) in [6.45, 7) is 3.82. The van der Waals surface area contributed by atoms with E-state index >= 15 is 0 Å². The molecule has 3 rings (SSSR count). The highest BCUT2D eigenvalue weighted by atomic mass is 32.2. The van der Waals surface area contributed by atoms with Crippen LogP contribution in [0.5, 0.6) is 0 Å². The zero-order valence-corrected chi connectivity index (χ0v) is 15.4. The molecule has 3 fully saturated rings. The second kappa shape index (κ2) is 7.83. The number of hydrogen-bond acceptors (Lipinski definition) is 3. The Labute approximate surface area is 142 Å². The van der Waals surface area contributed by atoms with Gasteiger partial charge in [-0.2, -0.15) is 0 Å². The van der Waals surface area contributed by atoms with Gasteiger partial charge in [-0.05, 0) is 69.4 Å². The normalized spacial score (nSPS) is 26.8. The summed E-state index contributed by atoms with van der Waals surface area (Å²) >= 11 is 0. The van der Waals surface area contributed by atoms with Crippen LogP contribution >= 0.6 is 0 Å². The van der Waals surface area contributed by atoms with Crippen molar-refractivity contribution in [3.05, 3.63) is 0 Å². The van der Waals surface area contributed by atoms with Gasteiger partial charge >= 0.3 is 0 Å². The van der Waals surface area contributed by atoms with Gasteiger partial charge in [0.15, 0.2) is 0 Å². The molecule has 0 aromatic carbocycles. The molecule has 0 aromatic rings. The zero-order valence-electron chi connectivity index (χ0n) is 14.6. The first-order chi connectivity index (χ1) is 11.1. The summed E-state index contributed by atoms with van der Waals surface area (Å²) in [4.78, 5) is 0. The minimum Gasteiger partial charge on any atom is -0.317 e. The van der Waals surface area contributed by atoms with Crippen molar-refractivity contribution < 1.29 is 8.42 Å². The van der Waals surface area contributed by atoms with Gasteiger partial charge in [-0.3, -0.25) is 0 Å².